The van der Waals surface area contributed by atoms with Gasteiger partial charge in [-0.1, -0.05) is 0 Å². The summed E-state index contributed by atoms with van der Waals surface area (Å²) in [7, 11) is 1.34. The van der Waals surface area contributed by atoms with E-state index < -0.39 is 11.6 Å². The summed E-state index contributed by atoms with van der Waals surface area (Å²) < 4.78 is 18.0. The summed E-state index contributed by atoms with van der Waals surface area (Å²) in [5.74, 6) is -1.62. The van der Waals surface area contributed by atoms with Crippen LogP contribution >= 0.6 is 15.9 Å². The van der Waals surface area contributed by atoms with Crippen LogP contribution in [-0.4, -0.2) is 18.0 Å². The predicted octanol–water partition coefficient (Wildman–Crippen LogP) is 2.51. The molecule has 0 aromatic heterocycles. The van der Waals surface area contributed by atoms with Crippen molar-refractivity contribution in [3.63, 3.8) is 0 Å². The quantitative estimate of drug-likeness (QED) is 0.834. The Labute approximate surface area is 88.6 Å². The molecule has 0 aliphatic rings. The first kappa shape index (κ1) is 11.0. The molecule has 0 radical (unpaired) electrons. The molecule has 0 fully saturated rings. The third kappa shape index (κ3) is 1.72. The van der Waals surface area contributed by atoms with Gasteiger partial charge in [-0.2, -0.15) is 0 Å². The van der Waals surface area contributed by atoms with Gasteiger partial charge in [0.25, 0.3) is 0 Å². The Bertz CT molecular complexity index is 390. The van der Waals surface area contributed by atoms with Gasteiger partial charge in [-0.05, 0) is 28.9 Å². The summed E-state index contributed by atoms with van der Waals surface area (Å²) in [5.41, 5.74) is 0.0923. The summed E-state index contributed by atoms with van der Waals surface area (Å²) in [5, 5.41) is 9.21. The van der Waals surface area contributed by atoms with Crippen molar-refractivity contribution >= 4 is 21.7 Å². The molecule has 0 saturated heterocycles. The SMILES string of the molecule is COc1c(C(C)=O)cc(F)c(O)c1Br. The van der Waals surface area contributed by atoms with Crippen molar-refractivity contribution < 1.29 is 19.0 Å². The van der Waals surface area contributed by atoms with Crippen LogP contribution in [0, 0.1) is 5.82 Å². The van der Waals surface area contributed by atoms with Crippen molar-refractivity contribution in [3.8, 4) is 11.5 Å². The van der Waals surface area contributed by atoms with Crippen LogP contribution in [0.15, 0.2) is 10.5 Å². The zero-order chi connectivity index (χ0) is 10.9. The maximum Gasteiger partial charge on any atom is 0.169 e. The van der Waals surface area contributed by atoms with Crippen molar-refractivity contribution in [3.05, 3.63) is 21.9 Å². The number of ketones is 1. The van der Waals surface area contributed by atoms with Crippen molar-refractivity contribution in [2.75, 3.05) is 7.11 Å². The zero-order valence-corrected chi connectivity index (χ0v) is 9.18. The second kappa shape index (κ2) is 3.96. The Morgan fingerprint density at radius 3 is 2.64 bits per heavy atom. The average molecular weight is 263 g/mol. The molecule has 0 amide bonds. The number of halogens is 2. The number of aromatic hydroxyl groups is 1. The molecular weight excluding hydrogens is 255 g/mol. The Morgan fingerprint density at radius 2 is 2.21 bits per heavy atom. The molecule has 1 rings (SSSR count). The van der Waals surface area contributed by atoms with E-state index in [2.05, 4.69) is 15.9 Å². The molecule has 3 nitrogen and oxygen atoms in total. The summed E-state index contributed by atoms with van der Waals surface area (Å²) >= 11 is 2.94. The van der Waals surface area contributed by atoms with Gasteiger partial charge in [-0.15, -0.1) is 0 Å². The molecule has 76 valence electrons. The van der Waals surface area contributed by atoms with E-state index in [1.807, 2.05) is 0 Å². The first-order valence-electron chi connectivity index (χ1n) is 3.75. The molecule has 1 aromatic rings. The highest BCUT2D eigenvalue weighted by atomic mass is 79.9. The summed E-state index contributed by atoms with van der Waals surface area (Å²) in [4.78, 5) is 11.1. The lowest BCUT2D eigenvalue weighted by atomic mass is 10.1. The number of methoxy groups -OCH3 is 1. The van der Waals surface area contributed by atoms with E-state index in [9.17, 15) is 14.3 Å². The number of carbonyl (C=O) groups excluding carboxylic acids is 1. The largest absolute Gasteiger partial charge is 0.504 e. The number of carbonyl (C=O) groups is 1. The molecule has 5 heteroatoms. The van der Waals surface area contributed by atoms with Crippen LogP contribution in [0.3, 0.4) is 0 Å². The molecule has 0 bridgehead atoms. The van der Waals surface area contributed by atoms with E-state index in [1.165, 1.54) is 14.0 Å². The van der Waals surface area contributed by atoms with Gasteiger partial charge >= 0.3 is 0 Å². The smallest absolute Gasteiger partial charge is 0.169 e. The second-order valence-electron chi connectivity index (χ2n) is 2.66. The van der Waals surface area contributed by atoms with Gasteiger partial charge in [0.1, 0.15) is 10.2 Å². The lowest BCUT2D eigenvalue weighted by molar-refractivity contribution is 0.101. The van der Waals surface area contributed by atoms with Crippen molar-refractivity contribution in [2.45, 2.75) is 6.92 Å². The monoisotopic (exact) mass is 262 g/mol. The van der Waals surface area contributed by atoms with Gasteiger partial charge in [-0.25, -0.2) is 4.39 Å². The number of phenolic OH excluding ortho intramolecular Hbond substituents is 1. The first-order valence-corrected chi connectivity index (χ1v) is 4.54. The molecule has 0 saturated carbocycles. The third-order valence-electron chi connectivity index (χ3n) is 1.73. The van der Waals surface area contributed by atoms with E-state index in [0.29, 0.717) is 0 Å². The lowest BCUT2D eigenvalue weighted by Gasteiger charge is -2.09. The predicted molar refractivity (Wildman–Crippen MR) is 52.3 cm³/mol. The second-order valence-corrected chi connectivity index (χ2v) is 3.45. The molecule has 14 heavy (non-hydrogen) atoms. The van der Waals surface area contributed by atoms with Crippen LogP contribution in [-0.2, 0) is 0 Å². The molecule has 0 spiro atoms. The minimum absolute atomic E-state index is 0.0465. The van der Waals surface area contributed by atoms with Crippen LogP contribution < -0.4 is 4.74 Å². The number of hydrogen-bond acceptors (Lipinski definition) is 3. The Morgan fingerprint density at radius 1 is 1.64 bits per heavy atom. The molecule has 1 aromatic carbocycles. The highest BCUT2D eigenvalue weighted by Gasteiger charge is 2.18. The minimum Gasteiger partial charge on any atom is -0.504 e. The van der Waals surface area contributed by atoms with Gasteiger partial charge < -0.3 is 9.84 Å². The van der Waals surface area contributed by atoms with Gasteiger partial charge in [0.15, 0.2) is 17.3 Å². The van der Waals surface area contributed by atoms with Crippen molar-refractivity contribution in [2.24, 2.45) is 0 Å². The number of benzene rings is 1. The number of Topliss-reactive ketones (excluding diaryl/α,β-unsaturated/α-hetero) is 1. The topological polar surface area (TPSA) is 46.5 Å². The Hall–Kier alpha value is -1.10. The lowest BCUT2D eigenvalue weighted by Crippen LogP contribution is -2.00. The molecule has 0 aliphatic carbocycles. The van der Waals surface area contributed by atoms with Crippen molar-refractivity contribution in [1.29, 1.82) is 0 Å². The molecule has 0 atom stereocenters. The molecular formula is C9H8BrFO3. The standard InChI is InChI=1S/C9H8BrFO3/c1-4(12)5-3-6(11)8(13)7(10)9(5)14-2/h3,13H,1-2H3. The van der Waals surface area contributed by atoms with Gasteiger partial charge in [0.05, 0.1) is 12.7 Å². The maximum absolute atomic E-state index is 13.0. The molecule has 0 unspecified atom stereocenters. The van der Waals surface area contributed by atoms with Crippen LogP contribution in [0.1, 0.15) is 17.3 Å². The fourth-order valence-electron chi connectivity index (χ4n) is 1.05. The Kier molecular flexibility index (Phi) is 3.10. The van der Waals surface area contributed by atoms with E-state index in [0.717, 1.165) is 6.07 Å². The van der Waals surface area contributed by atoms with Gasteiger partial charge in [-0.3, -0.25) is 4.79 Å². The number of ether oxygens (including phenoxy) is 1. The minimum atomic E-state index is -0.858. The maximum atomic E-state index is 13.0. The summed E-state index contributed by atoms with van der Waals surface area (Å²) in [6.45, 7) is 1.29. The summed E-state index contributed by atoms with van der Waals surface area (Å²) in [6, 6.07) is 0.946. The van der Waals surface area contributed by atoms with E-state index in [1.54, 1.807) is 0 Å². The Balaban J connectivity index is 3.51. The van der Waals surface area contributed by atoms with Crippen LogP contribution in [0.5, 0.6) is 11.5 Å². The molecule has 1 N–H and O–H groups in total. The highest BCUT2D eigenvalue weighted by molar-refractivity contribution is 9.10. The number of phenols is 1. The summed E-state index contributed by atoms with van der Waals surface area (Å²) in [6.07, 6.45) is 0. The highest BCUT2D eigenvalue weighted by Crippen LogP contribution is 2.38. The third-order valence-corrected chi connectivity index (χ3v) is 2.47. The van der Waals surface area contributed by atoms with Crippen LogP contribution in [0.2, 0.25) is 0 Å². The van der Waals surface area contributed by atoms with E-state index in [4.69, 9.17) is 4.74 Å². The number of rotatable bonds is 2. The fraction of sp³-hybridized carbons (Fsp3) is 0.222. The van der Waals surface area contributed by atoms with Gasteiger partial charge in [0.2, 0.25) is 0 Å². The average Bonchev–Trinajstić information content (AvgIpc) is 2.13. The molecule has 0 heterocycles. The molecule has 0 aliphatic heterocycles. The van der Waals surface area contributed by atoms with Crippen LogP contribution in [0.25, 0.3) is 0 Å². The number of hydrogen-bond donors (Lipinski definition) is 1. The zero-order valence-electron chi connectivity index (χ0n) is 7.60. The first-order chi connectivity index (χ1) is 6.49. The van der Waals surface area contributed by atoms with E-state index in [-0.39, 0.29) is 21.6 Å². The van der Waals surface area contributed by atoms with Gasteiger partial charge in [0, 0.05) is 0 Å². The van der Waals surface area contributed by atoms with Crippen LogP contribution in [0.4, 0.5) is 4.39 Å². The fourth-order valence-corrected chi connectivity index (χ4v) is 1.62. The normalized spacial score (nSPS) is 10.0. The van der Waals surface area contributed by atoms with E-state index >= 15 is 0 Å². The van der Waals surface area contributed by atoms with Crippen molar-refractivity contribution in [1.82, 2.24) is 0 Å².